The summed E-state index contributed by atoms with van der Waals surface area (Å²) in [6, 6.07) is 7.89. The Hall–Kier alpha value is -0.380. The lowest BCUT2D eigenvalue weighted by atomic mass is 10.0. The molecule has 0 saturated heterocycles. The highest BCUT2D eigenvalue weighted by atomic mass is 127. The second-order valence-electron chi connectivity index (χ2n) is 3.33. The maximum Gasteiger partial charge on any atom is 0.172 e. The Labute approximate surface area is 92.7 Å². The third kappa shape index (κ3) is 2.79. The first-order valence-electron chi connectivity index (χ1n) is 4.34. The van der Waals surface area contributed by atoms with Crippen molar-refractivity contribution in [1.82, 2.24) is 0 Å². The monoisotopic (exact) mass is 288 g/mol. The molecule has 1 aromatic carbocycles. The molecule has 0 spiro atoms. The molecule has 1 rings (SSSR count). The van der Waals surface area contributed by atoms with Crippen LogP contribution in [0.2, 0.25) is 0 Å². The van der Waals surface area contributed by atoms with Crippen LogP contribution in [0.1, 0.15) is 35.7 Å². The number of Topliss-reactive ketones (excluding diaryl/α,β-unsaturated/α-hetero) is 1. The summed E-state index contributed by atoms with van der Waals surface area (Å²) in [4.78, 5) is 11.3. The van der Waals surface area contributed by atoms with E-state index in [1.807, 2.05) is 24.3 Å². The van der Waals surface area contributed by atoms with E-state index in [0.717, 1.165) is 5.56 Å². The van der Waals surface area contributed by atoms with Gasteiger partial charge in [0.1, 0.15) is 0 Å². The van der Waals surface area contributed by atoms with Gasteiger partial charge in [-0.2, -0.15) is 0 Å². The van der Waals surface area contributed by atoms with Gasteiger partial charge in [-0.3, -0.25) is 4.79 Å². The third-order valence-electron chi connectivity index (χ3n) is 2.02. The number of benzene rings is 1. The summed E-state index contributed by atoms with van der Waals surface area (Å²) in [5.41, 5.74) is 2.10. The minimum absolute atomic E-state index is 0.205. The van der Waals surface area contributed by atoms with Crippen LogP contribution in [0.4, 0.5) is 0 Å². The summed E-state index contributed by atoms with van der Waals surface area (Å²) in [5, 5.41) is 0. The van der Waals surface area contributed by atoms with E-state index in [1.165, 1.54) is 5.56 Å². The van der Waals surface area contributed by atoms with Crippen molar-refractivity contribution in [3.8, 4) is 0 Å². The third-order valence-corrected chi connectivity index (χ3v) is 2.71. The molecule has 0 fully saturated rings. The van der Waals surface area contributed by atoms with E-state index in [4.69, 9.17) is 0 Å². The highest BCUT2D eigenvalue weighted by Crippen LogP contribution is 2.15. The van der Waals surface area contributed by atoms with Crippen LogP contribution in [-0.4, -0.2) is 10.2 Å². The zero-order valence-electron chi connectivity index (χ0n) is 7.88. The number of halogens is 1. The molecule has 0 N–H and O–H groups in total. The van der Waals surface area contributed by atoms with Crippen LogP contribution in [0, 0.1) is 0 Å². The van der Waals surface area contributed by atoms with Crippen molar-refractivity contribution in [1.29, 1.82) is 0 Å². The molecule has 2 heteroatoms. The van der Waals surface area contributed by atoms with Gasteiger partial charge in [-0.1, -0.05) is 60.7 Å². The molecule has 0 saturated carbocycles. The molecule has 1 nitrogen and oxygen atoms in total. The van der Waals surface area contributed by atoms with Crippen LogP contribution in [-0.2, 0) is 0 Å². The molecule has 0 amide bonds. The molecule has 0 aliphatic rings. The van der Waals surface area contributed by atoms with Gasteiger partial charge < -0.3 is 0 Å². The molecule has 0 atom stereocenters. The lowest BCUT2D eigenvalue weighted by molar-refractivity contribution is 0.102. The van der Waals surface area contributed by atoms with Gasteiger partial charge in [-0.05, 0) is 11.5 Å². The molecule has 0 radical (unpaired) electrons. The van der Waals surface area contributed by atoms with E-state index in [1.54, 1.807) is 0 Å². The largest absolute Gasteiger partial charge is 0.293 e. The highest BCUT2D eigenvalue weighted by molar-refractivity contribution is 14.1. The Morgan fingerprint density at radius 2 is 1.85 bits per heavy atom. The smallest absolute Gasteiger partial charge is 0.172 e. The second kappa shape index (κ2) is 4.74. The van der Waals surface area contributed by atoms with E-state index < -0.39 is 0 Å². The maximum absolute atomic E-state index is 11.3. The lowest BCUT2D eigenvalue weighted by Gasteiger charge is -2.05. The van der Waals surface area contributed by atoms with E-state index in [2.05, 4.69) is 36.4 Å². The van der Waals surface area contributed by atoms with Gasteiger partial charge in [0.2, 0.25) is 0 Å². The topological polar surface area (TPSA) is 17.1 Å². The van der Waals surface area contributed by atoms with Crippen molar-refractivity contribution in [3.63, 3.8) is 0 Å². The summed E-state index contributed by atoms with van der Waals surface area (Å²) in [6.07, 6.45) is 0. The predicted molar refractivity (Wildman–Crippen MR) is 63.7 cm³/mol. The maximum atomic E-state index is 11.3. The lowest BCUT2D eigenvalue weighted by Crippen LogP contribution is -1.99. The summed E-state index contributed by atoms with van der Waals surface area (Å²) in [7, 11) is 0. The molecule has 13 heavy (non-hydrogen) atoms. The van der Waals surface area contributed by atoms with E-state index >= 15 is 0 Å². The number of carbonyl (C=O) groups excluding carboxylic acids is 1. The molecule has 0 aliphatic carbocycles. The van der Waals surface area contributed by atoms with Crippen molar-refractivity contribution in [2.75, 3.05) is 4.43 Å². The fourth-order valence-corrected chi connectivity index (χ4v) is 1.57. The highest BCUT2D eigenvalue weighted by Gasteiger charge is 2.04. The molecule has 70 valence electrons. The Balaban J connectivity index is 2.87. The molecule has 0 aromatic heterocycles. The van der Waals surface area contributed by atoms with Gasteiger partial charge in [0.05, 0.1) is 4.43 Å². The number of carbonyl (C=O) groups is 1. The van der Waals surface area contributed by atoms with Crippen molar-refractivity contribution in [2.24, 2.45) is 0 Å². The van der Waals surface area contributed by atoms with Gasteiger partial charge in [-0.15, -0.1) is 0 Å². The molecule has 0 unspecified atom stereocenters. The fraction of sp³-hybridized carbons (Fsp3) is 0.364. The molecule has 0 bridgehead atoms. The summed E-state index contributed by atoms with van der Waals surface area (Å²) in [5.74, 6) is 0.736. The van der Waals surface area contributed by atoms with Crippen molar-refractivity contribution < 1.29 is 4.79 Å². The van der Waals surface area contributed by atoms with Crippen LogP contribution in [0.25, 0.3) is 0 Å². The quantitative estimate of drug-likeness (QED) is 0.473. The minimum Gasteiger partial charge on any atom is -0.293 e. The molecule has 0 aliphatic heterocycles. The molecular formula is C11H13IO. The van der Waals surface area contributed by atoms with Crippen molar-refractivity contribution in [2.45, 2.75) is 19.8 Å². The number of rotatable bonds is 3. The minimum atomic E-state index is 0.205. The fourth-order valence-electron chi connectivity index (χ4n) is 1.13. The first kappa shape index (κ1) is 10.7. The van der Waals surface area contributed by atoms with Crippen LogP contribution in [0.5, 0.6) is 0 Å². The number of ketones is 1. The Morgan fingerprint density at radius 1 is 1.31 bits per heavy atom. The van der Waals surface area contributed by atoms with Gasteiger partial charge in [-0.25, -0.2) is 0 Å². The van der Waals surface area contributed by atoms with Crippen LogP contribution in [0.3, 0.4) is 0 Å². The average Bonchev–Trinajstić information content (AvgIpc) is 2.17. The Morgan fingerprint density at radius 3 is 2.23 bits per heavy atom. The first-order chi connectivity index (χ1) is 6.15. The molecule has 1 aromatic rings. The normalized spacial score (nSPS) is 10.5. The Kier molecular flexibility index (Phi) is 3.90. The summed E-state index contributed by atoms with van der Waals surface area (Å²) in [6.45, 7) is 4.30. The first-order valence-corrected chi connectivity index (χ1v) is 5.87. The van der Waals surface area contributed by atoms with Gasteiger partial charge in [0, 0.05) is 5.56 Å². The number of hydrogen-bond acceptors (Lipinski definition) is 1. The summed E-state index contributed by atoms with van der Waals surface area (Å²) >= 11 is 2.09. The standard InChI is InChI=1S/C11H13IO/c1-8(2)9-3-5-10(6-4-9)11(13)7-12/h3-6,8H,7H2,1-2H3. The van der Waals surface area contributed by atoms with Gasteiger partial charge in [0.15, 0.2) is 5.78 Å². The second-order valence-corrected chi connectivity index (χ2v) is 4.10. The number of alkyl halides is 1. The van der Waals surface area contributed by atoms with Crippen LogP contribution in [0.15, 0.2) is 24.3 Å². The predicted octanol–water partition coefficient (Wildman–Crippen LogP) is 3.43. The Bertz CT molecular complexity index is 287. The van der Waals surface area contributed by atoms with Crippen molar-refractivity contribution in [3.05, 3.63) is 35.4 Å². The molecular weight excluding hydrogens is 275 g/mol. The van der Waals surface area contributed by atoms with E-state index in [-0.39, 0.29) is 5.78 Å². The molecule has 0 heterocycles. The van der Waals surface area contributed by atoms with Crippen LogP contribution < -0.4 is 0 Å². The average molecular weight is 288 g/mol. The van der Waals surface area contributed by atoms with E-state index in [0.29, 0.717) is 10.3 Å². The van der Waals surface area contributed by atoms with Crippen LogP contribution >= 0.6 is 22.6 Å². The van der Waals surface area contributed by atoms with Gasteiger partial charge in [0.25, 0.3) is 0 Å². The van der Waals surface area contributed by atoms with Crippen molar-refractivity contribution >= 4 is 28.4 Å². The zero-order valence-corrected chi connectivity index (χ0v) is 10.0. The zero-order chi connectivity index (χ0) is 9.84. The van der Waals surface area contributed by atoms with Gasteiger partial charge >= 0.3 is 0 Å². The van der Waals surface area contributed by atoms with E-state index in [9.17, 15) is 4.79 Å². The number of hydrogen-bond donors (Lipinski definition) is 0. The SMILES string of the molecule is CC(C)c1ccc(C(=O)CI)cc1. The summed E-state index contributed by atoms with van der Waals surface area (Å²) < 4.78 is 0.554.